The summed E-state index contributed by atoms with van der Waals surface area (Å²) < 4.78 is 1.87. The van der Waals surface area contributed by atoms with Gasteiger partial charge in [0.05, 0.1) is 5.69 Å². The van der Waals surface area contributed by atoms with Gasteiger partial charge in [-0.1, -0.05) is 25.1 Å². The third-order valence-electron chi connectivity index (χ3n) is 3.55. The number of hydrogen-bond donors (Lipinski definition) is 1. The zero-order valence-corrected chi connectivity index (χ0v) is 12.9. The average Bonchev–Trinajstić information content (AvgIpc) is 3.22. The fourth-order valence-electron chi connectivity index (χ4n) is 2.36. The molecule has 3 aromatic rings. The molecule has 0 aliphatic carbocycles. The van der Waals surface area contributed by atoms with Crippen LogP contribution in [0.15, 0.2) is 60.2 Å². The van der Waals surface area contributed by atoms with Crippen LogP contribution in [-0.4, -0.2) is 9.78 Å². The van der Waals surface area contributed by atoms with Gasteiger partial charge in [0.25, 0.3) is 0 Å². The van der Waals surface area contributed by atoms with E-state index in [4.69, 9.17) is 0 Å². The molecule has 3 rings (SSSR count). The molecule has 0 aliphatic heterocycles. The second kappa shape index (κ2) is 6.70. The summed E-state index contributed by atoms with van der Waals surface area (Å²) in [4.78, 5) is 1.41. The minimum Gasteiger partial charge on any atom is -0.305 e. The van der Waals surface area contributed by atoms with Crippen LogP contribution in [0.25, 0.3) is 5.69 Å². The van der Waals surface area contributed by atoms with Gasteiger partial charge in [-0.3, -0.25) is 0 Å². The summed E-state index contributed by atoms with van der Waals surface area (Å²) in [6, 6.07) is 15.2. The van der Waals surface area contributed by atoms with Gasteiger partial charge in [0, 0.05) is 29.9 Å². The summed E-state index contributed by atoms with van der Waals surface area (Å²) >= 11 is 1.82. The van der Waals surface area contributed by atoms with Crippen LogP contribution >= 0.6 is 11.3 Å². The summed E-state index contributed by atoms with van der Waals surface area (Å²) in [6.07, 6.45) is 4.85. The second-order valence-electron chi connectivity index (χ2n) is 4.97. The van der Waals surface area contributed by atoms with Crippen molar-refractivity contribution in [3.8, 4) is 5.69 Å². The largest absolute Gasteiger partial charge is 0.305 e. The van der Waals surface area contributed by atoms with E-state index in [-0.39, 0.29) is 0 Å². The van der Waals surface area contributed by atoms with Crippen LogP contribution in [0, 0.1) is 0 Å². The third kappa shape index (κ3) is 3.40. The van der Waals surface area contributed by atoms with E-state index in [1.807, 2.05) is 28.3 Å². The molecule has 0 spiro atoms. The fourth-order valence-corrected chi connectivity index (χ4v) is 3.25. The van der Waals surface area contributed by atoms with E-state index in [2.05, 4.69) is 59.1 Å². The molecular weight excluding hydrogens is 278 g/mol. The summed E-state index contributed by atoms with van der Waals surface area (Å²) in [6.45, 7) is 3.11. The highest BCUT2D eigenvalue weighted by atomic mass is 32.1. The molecule has 2 aromatic heterocycles. The number of rotatable bonds is 6. The molecule has 0 radical (unpaired) electrons. The Hall–Kier alpha value is -1.91. The van der Waals surface area contributed by atoms with Gasteiger partial charge in [-0.2, -0.15) is 5.10 Å². The Morgan fingerprint density at radius 2 is 2.05 bits per heavy atom. The van der Waals surface area contributed by atoms with E-state index in [0.717, 1.165) is 18.7 Å². The number of nitrogens with one attached hydrogen (secondary N) is 1. The maximum absolute atomic E-state index is 4.24. The SMILES string of the molecule is CCC(NCc1ccc(-n2cccn2)cc1)c1cccs1. The quantitative estimate of drug-likeness (QED) is 0.740. The van der Waals surface area contributed by atoms with Crippen molar-refractivity contribution >= 4 is 11.3 Å². The smallest absolute Gasteiger partial charge is 0.0645 e. The highest BCUT2D eigenvalue weighted by Crippen LogP contribution is 2.22. The molecular formula is C17H19N3S. The fraction of sp³-hybridized carbons (Fsp3) is 0.235. The van der Waals surface area contributed by atoms with Crippen LogP contribution in [0.1, 0.15) is 29.8 Å². The van der Waals surface area contributed by atoms with Gasteiger partial charge in [0.15, 0.2) is 0 Å². The molecule has 4 heteroatoms. The van der Waals surface area contributed by atoms with E-state index in [1.165, 1.54) is 10.4 Å². The van der Waals surface area contributed by atoms with E-state index >= 15 is 0 Å². The first-order chi connectivity index (χ1) is 10.4. The van der Waals surface area contributed by atoms with Crippen molar-refractivity contribution in [3.05, 3.63) is 70.7 Å². The van der Waals surface area contributed by atoms with E-state index < -0.39 is 0 Å². The standard InChI is InChI=1S/C17H19N3S/c1-2-16(17-5-3-12-21-17)18-13-14-6-8-15(9-7-14)20-11-4-10-19-20/h3-12,16,18H,2,13H2,1H3. The van der Waals surface area contributed by atoms with Crippen molar-refractivity contribution in [2.45, 2.75) is 25.9 Å². The van der Waals surface area contributed by atoms with Gasteiger partial charge < -0.3 is 5.32 Å². The van der Waals surface area contributed by atoms with Gasteiger partial charge in [0.2, 0.25) is 0 Å². The van der Waals surface area contributed by atoms with E-state index in [1.54, 1.807) is 6.20 Å². The summed E-state index contributed by atoms with van der Waals surface area (Å²) in [7, 11) is 0. The number of nitrogens with zero attached hydrogens (tertiary/aromatic N) is 2. The van der Waals surface area contributed by atoms with Crippen molar-refractivity contribution in [2.24, 2.45) is 0 Å². The van der Waals surface area contributed by atoms with Crippen LogP contribution in [0.2, 0.25) is 0 Å². The van der Waals surface area contributed by atoms with Crippen molar-refractivity contribution < 1.29 is 0 Å². The van der Waals surface area contributed by atoms with E-state index in [9.17, 15) is 0 Å². The molecule has 1 atom stereocenters. The molecule has 0 fully saturated rings. The van der Waals surface area contributed by atoms with Crippen molar-refractivity contribution in [2.75, 3.05) is 0 Å². The minimum absolute atomic E-state index is 0.441. The minimum atomic E-state index is 0.441. The Bertz CT molecular complexity index is 642. The molecule has 0 saturated carbocycles. The first-order valence-corrected chi connectivity index (χ1v) is 8.10. The summed E-state index contributed by atoms with van der Waals surface area (Å²) in [5, 5.41) is 10.0. The Kier molecular flexibility index (Phi) is 4.48. The molecule has 108 valence electrons. The van der Waals surface area contributed by atoms with Crippen molar-refractivity contribution in [3.63, 3.8) is 0 Å². The topological polar surface area (TPSA) is 29.9 Å². The summed E-state index contributed by atoms with van der Waals surface area (Å²) in [5.41, 5.74) is 2.38. The molecule has 0 amide bonds. The number of aromatic nitrogens is 2. The van der Waals surface area contributed by atoms with Crippen molar-refractivity contribution in [1.29, 1.82) is 0 Å². The molecule has 21 heavy (non-hydrogen) atoms. The molecule has 1 aromatic carbocycles. The Labute approximate surface area is 129 Å². The number of benzene rings is 1. The molecule has 2 heterocycles. The molecule has 0 bridgehead atoms. The third-order valence-corrected chi connectivity index (χ3v) is 4.54. The highest BCUT2D eigenvalue weighted by molar-refractivity contribution is 7.10. The van der Waals surface area contributed by atoms with Gasteiger partial charge in [-0.05, 0) is 41.6 Å². The lowest BCUT2D eigenvalue weighted by Gasteiger charge is -2.15. The lowest BCUT2D eigenvalue weighted by Crippen LogP contribution is -2.19. The van der Waals surface area contributed by atoms with Crippen molar-refractivity contribution in [1.82, 2.24) is 15.1 Å². The van der Waals surface area contributed by atoms with E-state index in [0.29, 0.717) is 6.04 Å². The first-order valence-electron chi connectivity index (χ1n) is 7.22. The molecule has 0 aliphatic rings. The van der Waals surface area contributed by atoms with Gasteiger partial charge >= 0.3 is 0 Å². The number of thiophene rings is 1. The predicted molar refractivity (Wildman–Crippen MR) is 87.8 cm³/mol. The zero-order valence-electron chi connectivity index (χ0n) is 12.1. The molecule has 1 unspecified atom stereocenters. The van der Waals surface area contributed by atoms with Crippen LogP contribution in [0.4, 0.5) is 0 Å². The predicted octanol–water partition coefficient (Wildman–Crippen LogP) is 4.17. The maximum Gasteiger partial charge on any atom is 0.0645 e. The van der Waals surface area contributed by atoms with Gasteiger partial charge in [-0.15, -0.1) is 11.3 Å². The van der Waals surface area contributed by atoms with Gasteiger partial charge in [0.1, 0.15) is 0 Å². The number of hydrogen-bond acceptors (Lipinski definition) is 3. The monoisotopic (exact) mass is 297 g/mol. The summed E-state index contributed by atoms with van der Waals surface area (Å²) in [5.74, 6) is 0. The van der Waals surface area contributed by atoms with Crippen LogP contribution in [-0.2, 0) is 6.54 Å². The lowest BCUT2D eigenvalue weighted by atomic mass is 10.1. The normalized spacial score (nSPS) is 12.4. The second-order valence-corrected chi connectivity index (χ2v) is 5.95. The molecule has 1 N–H and O–H groups in total. The van der Waals surface area contributed by atoms with Crippen LogP contribution in [0.3, 0.4) is 0 Å². The Balaban J connectivity index is 1.63. The average molecular weight is 297 g/mol. The lowest BCUT2D eigenvalue weighted by molar-refractivity contribution is 0.526. The molecule has 3 nitrogen and oxygen atoms in total. The Morgan fingerprint density at radius 1 is 1.19 bits per heavy atom. The first kappa shape index (κ1) is 14.0. The molecule has 0 saturated heterocycles. The Morgan fingerprint density at radius 3 is 2.67 bits per heavy atom. The van der Waals surface area contributed by atoms with Crippen LogP contribution in [0.5, 0.6) is 0 Å². The zero-order chi connectivity index (χ0) is 14.5. The maximum atomic E-state index is 4.24. The highest BCUT2D eigenvalue weighted by Gasteiger charge is 2.09. The van der Waals surface area contributed by atoms with Gasteiger partial charge in [-0.25, -0.2) is 4.68 Å². The van der Waals surface area contributed by atoms with Crippen LogP contribution < -0.4 is 5.32 Å².